The molecule has 1 heterocycles. The van der Waals surface area contributed by atoms with Gasteiger partial charge in [0.15, 0.2) is 5.78 Å². The van der Waals surface area contributed by atoms with E-state index < -0.39 is 0 Å². The molecule has 0 fully saturated rings. The lowest BCUT2D eigenvalue weighted by molar-refractivity contribution is 0.0995. The van der Waals surface area contributed by atoms with Gasteiger partial charge in [0.2, 0.25) is 0 Å². The predicted molar refractivity (Wildman–Crippen MR) is 76.6 cm³/mol. The number of ether oxygens (including phenoxy) is 1. The molecule has 0 aliphatic carbocycles. The maximum Gasteiger partial charge on any atom is 0.163 e. The largest absolute Gasteiger partial charge is 0.379 e. The Morgan fingerprint density at radius 3 is 2.47 bits per heavy atom. The van der Waals surface area contributed by atoms with Crippen molar-refractivity contribution >= 4 is 5.78 Å². The van der Waals surface area contributed by atoms with Crippen LogP contribution in [0.15, 0.2) is 0 Å². The number of hydrogen-bond donors (Lipinski definition) is 0. The molecule has 0 atom stereocenters. The van der Waals surface area contributed by atoms with Crippen molar-refractivity contribution < 1.29 is 9.53 Å². The number of aryl methyl sites for hydroxylation is 1. The van der Waals surface area contributed by atoms with Crippen molar-refractivity contribution in [2.75, 3.05) is 13.2 Å². The first-order chi connectivity index (χ1) is 9.01. The van der Waals surface area contributed by atoms with Crippen LogP contribution in [0.5, 0.6) is 0 Å². The second kappa shape index (κ2) is 7.43. The highest BCUT2D eigenvalue weighted by atomic mass is 16.5. The van der Waals surface area contributed by atoms with Gasteiger partial charge < -0.3 is 4.74 Å². The number of nitrogens with zero attached hydrogens (tertiary/aromatic N) is 2. The van der Waals surface area contributed by atoms with E-state index in [9.17, 15) is 4.79 Å². The third kappa shape index (κ3) is 4.16. The Bertz CT molecular complexity index is 422. The Morgan fingerprint density at radius 1 is 1.32 bits per heavy atom. The monoisotopic (exact) mass is 266 g/mol. The molecule has 0 radical (unpaired) electrons. The van der Waals surface area contributed by atoms with E-state index in [2.05, 4.69) is 25.9 Å². The van der Waals surface area contributed by atoms with Gasteiger partial charge in [0.05, 0.1) is 24.4 Å². The van der Waals surface area contributed by atoms with Crippen LogP contribution in [0, 0.1) is 5.92 Å². The molecule has 0 aliphatic rings. The van der Waals surface area contributed by atoms with E-state index in [0.717, 1.165) is 42.9 Å². The molecule has 0 spiro atoms. The molecule has 4 heteroatoms. The number of rotatable bonds is 8. The van der Waals surface area contributed by atoms with Crippen LogP contribution in [0.25, 0.3) is 0 Å². The fourth-order valence-corrected chi connectivity index (χ4v) is 2.22. The summed E-state index contributed by atoms with van der Waals surface area (Å²) in [5, 5.41) is 4.55. The summed E-state index contributed by atoms with van der Waals surface area (Å²) in [5.74, 6) is 0.658. The van der Waals surface area contributed by atoms with Crippen molar-refractivity contribution in [1.82, 2.24) is 9.78 Å². The van der Waals surface area contributed by atoms with Crippen LogP contribution < -0.4 is 0 Å². The second-order valence-corrected chi connectivity index (χ2v) is 5.22. The highest BCUT2D eigenvalue weighted by Gasteiger charge is 2.18. The number of carbonyl (C=O) groups is 1. The number of ketones is 1. The van der Waals surface area contributed by atoms with E-state index in [1.54, 1.807) is 6.92 Å². The molecular weight excluding hydrogens is 240 g/mol. The van der Waals surface area contributed by atoms with Crippen molar-refractivity contribution in [1.29, 1.82) is 0 Å². The van der Waals surface area contributed by atoms with E-state index in [-0.39, 0.29) is 5.78 Å². The summed E-state index contributed by atoms with van der Waals surface area (Å²) in [4.78, 5) is 11.8. The van der Waals surface area contributed by atoms with Gasteiger partial charge in [-0.05, 0) is 25.7 Å². The summed E-state index contributed by atoms with van der Waals surface area (Å²) in [7, 11) is 0. The van der Waals surface area contributed by atoms with Gasteiger partial charge in [0.25, 0.3) is 0 Å². The molecule has 4 nitrogen and oxygen atoms in total. The molecule has 0 unspecified atom stereocenters. The van der Waals surface area contributed by atoms with Gasteiger partial charge in [0, 0.05) is 12.3 Å². The van der Waals surface area contributed by atoms with Crippen molar-refractivity contribution in [2.24, 2.45) is 5.92 Å². The molecule has 108 valence electrons. The summed E-state index contributed by atoms with van der Waals surface area (Å²) in [6.07, 6.45) is 1.62. The van der Waals surface area contributed by atoms with E-state index in [1.807, 2.05) is 11.6 Å². The zero-order valence-electron chi connectivity index (χ0n) is 12.8. The standard InChI is InChI=1S/C15H26N2O2/c1-6-13-15(12(5)18)14(7-2)17(16-13)8-9-19-10-11(3)4/h11H,6-10H2,1-5H3. The zero-order chi connectivity index (χ0) is 14.4. The summed E-state index contributed by atoms with van der Waals surface area (Å²) in [5.41, 5.74) is 2.76. The summed E-state index contributed by atoms with van der Waals surface area (Å²) >= 11 is 0. The fourth-order valence-electron chi connectivity index (χ4n) is 2.22. The number of carbonyl (C=O) groups excluding carboxylic acids is 1. The van der Waals surface area contributed by atoms with Gasteiger partial charge in [-0.1, -0.05) is 27.7 Å². The van der Waals surface area contributed by atoms with Crippen LogP contribution in [0.3, 0.4) is 0 Å². The fraction of sp³-hybridized carbons (Fsp3) is 0.733. The third-order valence-electron chi connectivity index (χ3n) is 3.05. The first kappa shape index (κ1) is 15.9. The molecule has 0 N–H and O–H groups in total. The van der Waals surface area contributed by atoms with Gasteiger partial charge in [-0.2, -0.15) is 5.10 Å². The summed E-state index contributed by atoms with van der Waals surface area (Å²) < 4.78 is 7.54. The predicted octanol–water partition coefficient (Wildman–Crippen LogP) is 2.88. The van der Waals surface area contributed by atoms with Crippen molar-refractivity contribution in [3.63, 3.8) is 0 Å². The van der Waals surface area contributed by atoms with Gasteiger partial charge in [-0.3, -0.25) is 9.48 Å². The van der Waals surface area contributed by atoms with Crippen LogP contribution in [0.4, 0.5) is 0 Å². The van der Waals surface area contributed by atoms with E-state index in [1.165, 1.54) is 0 Å². The van der Waals surface area contributed by atoms with E-state index >= 15 is 0 Å². The number of Topliss-reactive ketones (excluding diaryl/α,β-unsaturated/α-hetero) is 1. The lowest BCUT2D eigenvalue weighted by atomic mass is 10.1. The van der Waals surface area contributed by atoms with Crippen molar-refractivity contribution in [2.45, 2.75) is 54.0 Å². The molecule has 0 aromatic carbocycles. The van der Waals surface area contributed by atoms with Crippen LogP contribution in [0.1, 0.15) is 56.4 Å². The minimum absolute atomic E-state index is 0.114. The molecule has 0 amide bonds. The van der Waals surface area contributed by atoms with Crippen molar-refractivity contribution in [3.8, 4) is 0 Å². The van der Waals surface area contributed by atoms with Crippen LogP contribution in [-0.2, 0) is 24.1 Å². The lowest BCUT2D eigenvalue weighted by Gasteiger charge is -2.09. The molecule has 1 aromatic heterocycles. The summed E-state index contributed by atoms with van der Waals surface area (Å²) in [6.45, 7) is 12.1. The Balaban J connectivity index is 2.80. The SMILES string of the molecule is CCc1nn(CCOCC(C)C)c(CC)c1C(C)=O. The molecule has 1 rings (SSSR count). The van der Waals surface area contributed by atoms with E-state index in [4.69, 9.17) is 4.74 Å². The van der Waals surface area contributed by atoms with Gasteiger partial charge in [0.1, 0.15) is 0 Å². The van der Waals surface area contributed by atoms with Crippen LogP contribution >= 0.6 is 0 Å². The first-order valence-corrected chi connectivity index (χ1v) is 7.18. The molecule has 0 saturated carbocycles. The molecular formula is C15H26N2O2. The maximum atomic E-state index is 11.8. The van der Waals surface area contributed by atoms with Gasteiger partial charge in [-0.25, -0.2) is 0 Å². The Kier molecular flexibility index (Phi) is 6.22. The van der Waals surface area contributed by atoms with Crippen LogP contribution in [0.2, 0.25) is 0 Å². The summed E-state index contributed by atoms with van der Waals surface area (Å²) in [6, 6.07) is 0. The number of hydrogen-bond acceptors (Lipinski definition) is 3. The first-order valence-electron chi connectivity index (χ1n) is 7.18. The van der Waals surface area contributed by atoms with Crippen LogP contribution in [-0.4, -0.2) is 28.8 Å². The molecule has 0 bridgehead atoms. The van der Waals surface area contributed by atoms with Gasteiger partial charge in [-0.15, -0.1) is 0 Å². The smallest absolute Gasteiger partial charge is 0.163 e. The minimum atomic E-state index is 0.114. The quantitative estimate of drug-likeness (QED) is 0.537. The Morgan fingerprint density at radius 2 is 2.00 bits per heavy atom. The highest BCUT2D eigenvalue weighted by Crippen LogP contribution is 2.17. The topological polar surface area (TPSA) is 44.1 Å². The Hall–Kier alpha value is -1.16. The zero-order valence-corrected chi connectivity index (χ0v) is 12.8. The van der Waals surface area contributed by atoms with Crippen molar-refractivity contribution in [3.05, 3.63) is 17.0 Å². The highest BCUT2D eigenvalue weighted by molar-refractivity contribution is 5.96. The maximum absolute atomic E-state index is 11.8. The Labute approximate surface area is 116 Å². The second-order valence-electron chi connectivity index (χ2n) is 5.22. The average molecular weight is 266 g/mol. The minimum Gasteiger partial charge on any atom is -0.379 e. The third-order valence-corrected chi connectivity index (χ3v) is 3.05. The molecule has 1 aromatic rings. The van der Waals surface area contributed by atoms with Gasteiger partial charge >= 0.3 is 0 Å². The number of aromatic nitrogens is 2. The normalized spacial score (nSPS) is 11.3. The molecule has 0 aliphatic heterocycles. The average Bonchev–Trinajstić information content (AvgIpc) is 2.72. The lowest BCUT2D eigenvalue weighted by Crippen LogP contribution is -2.13. The molecule has 0 saturated heterocycles. The van der Waals surface area contributed by atoms with E-state index in [0.29, 0.717) is 12.5 Å². The molecule has 19 heavy (non-hydrogen) atoms.